The van der Waals surface area contributed by atoms with Crippen LogP contribution < -0.4 is 5.73 Å². The summed E-state index contributed by atoms with van der Waals surface area (Å²) in [5.41, 5.74) is 7.99. The fraction of sp³-hybridized carbons (Fsp3) is 0.231. The van der Waals surface area contributed by atoms with Gasteiger partial charge in [0.2, 0.25) is 0 Å². The van der Waals surface area contributed by atoms with Crippen LogP contribution in [0.2, 0.25) is 0 Å². The zero-order chi connectivity index (χ0) is 14.0. The number of carbonyl (C=O) groups is 1. The predicted octanol–water partition coefficient (Wildman–Crippen LogP) is 1.28. The molecule has 2 aromatic rings. The van der Waals surface area contributed by atoms with Crippen LogP contribution in [0.15, 0.2) is 24.3 Å². The number of hydrogen-bond donors (Lipinski definition) is 3. The molecule has 1 amide bonds. The normalized spacial score (nSPS) is 10.4. The highest BCUT2D eigenvalue weighted by Gasteiger charge is 2.19. The maximum absolute atomic E-state index is 12.2. The third kappa shape index (κ3) is 2.67. The highest BCUT2D eigenvalue weighted by Crippen LogP contribution is 2.16. The Kier molecular flexibility index (Phi) is 3.41. The molecule has 1 aromatic carbocycles. The summed E-state index contributed by atoms with van der Waals surface area (Å²) >= 11 is 0. The lowest BCUT2D eigenvalue weighted by molar-refractivity contribution is 0.0780. The first-order valence-electron chi connectivity index (χ1n) is 5.83. The molecular weight excluding hydrogens is 244 g/mol. The third-order valence-corrected chi connectivity index (χ3v) is 2.90. The fourth-order valence-corrected chi connectivity index (χ4v) is 1.73. The maximum Gasteiger partial charge on any atom is 0.276 e. The number of anilines is 1. The Hall–Kier alpha value is -2.50. The average Bonchev–Trinajstić information content (AvgIpc) is 2.72. The number of hydrogen-bond acceptors (Lipinski definition) is 4. The molecule has 1 aromatic heterocycles. The molecule has 0 spiro atoms. The number of rotatable bonds is 3. The average molecular weight is 260 g/mol. The Bertz CT molecular complexity index is 589. The lowest BCUT2D eigenvalue weighted by atomic mass is 10.2. The number of carbonyl (C=O) groups excluding carboxylic acids is 1. The number of nitrogens with one attached hydrogen (secondary N) is 1. The van der Waals surface area contributed by atoms with Crippen LogP contribution in [-0.2, 0) is 6.54 Å². The number of aryl methyl sites for hydroxylation is 1. The number of aromatic amines is 1. The van der Waals surface area contributed by atoms with Gasteiger partial charge in [0.15, 0.2) is 5.69 Å². The van der Waals surface area contributed by atoms with Gasteiger partial charge in [0, 0.05) is 13.6 Å². The van der Waals surface area contributed by atoms with Crippen molar-refractivity contribution in [1.82, 2.24) is 15.1 Å². The number of nitrogen functional groups attached to an aromatic ring is 1. The maximum atomic E-state index is 12.2. The second kappa shape index (κ2) is 5.01. The SMILES string of the molecule is Cc1[nH]nc(C(=O)N(C)Cc2ccc(O)cc2)c1N. The molecule has 0 radical (unpaired) electrons. The summed E-state index contributed by atoms with van der Waals surface area (Å²) in [5.74, 6) is -0.0418. The molecule has 6 heteroatoms. The third-order valence-electron chi connectivity index (χ3n) is 2.90. The van der Waals surface area contributed by atoms with Crippen LogP contribution in [0.5, 0.6) is 5.75 Å². The van der Waals surface area contributed by atoms with Gasteiger partial charge in [0.25, 0.3) is 5.91 Å². The molecule has 6 nitrogen and oxygen atoms in total. The summed E-state index contributed by atoms with van der Waals surface area (Å²) < 4.78 is 0. The van der Waals surface area contributed by atoms with Crippen LogP contribution in [0, 0.1) is 6.92 Å². The van der Waals surface area contributed by atoms with Gasteiger partial charge in [-0.15, -0.1) is 0 Å². The van der Waals surface area contributed by atoms with Gasteiger partial charge in [0.1, 0.15) is 5.75 Å². The molecule has 0 aliphatic carbocycles. The monoisotopic (exact) mass is 260 g/mol. The lowest BCUT2D eigenvalue weighted by Crippen LogP contribution is -2.27. The topological polar surface area (TPSA) is 95.2 Å². The molecule has 0 atom stereocenters. The molecule has 0 unspecified atom stereocenters. The number of aromatic nitrogens is 2. The summed E-state index contributed by atoms with van der Waals surface area (Å²) in [6, 6.07) is 6.69. The number of nitrogens with zero attached hydrogens (tertiary/aromatic N) is 2. The van der Waals surface area contributed by atoms with Crippen molar-refractivity contribution >= 4 is 11.6 Å². The molecule has 4 N–H and O–H groups in total. The van der Waals surface area contributed by atoms with Gasteiger partial charge in [0.05, 0.1) is 11.4 Å². The van der Waals surface area contributed by atoms with E-state index in [1.165, 1.54) is 4.90 Å². The summed E-state index contributed by atoms with van der Waals surface area (Å²) in [4.78, 5) is 13.7. The molecule has 2 rings (SSSR count). The minimum atomic E-state index is -0.241. The van der Waals surface area contributed by atoms with Crippen molar-refractivity contribution in [2.24, 2.45) is 0 Å². The summed E-state index contributed by atoms with van der Waals surface area (Å²) in [6.07, 6.45) is 0. The minimum Gasteiger partial charge on any atom is -0.508 e. The second-order valence-electron chi connectivity index (χ2n) is 4.44. The van der Waals surface area contributed by atoms with Gasteiger partial charge >= 0.3 is 0 Å². The summed E-state index contributed by atoms with van der Waals surface area (Å²) in [7, 11) is 1.68. The van der Waals surface area contributed by atoms with Crippen LogP contribution in [0.1, 0.15) is 21.7 Å². The summed E-state index contributed by atoms with van der Waals surface area (Å²) in [5, 5.41) is 15.8. The number of phenols is 1. The number of amides is 1. The molecule has 1 heterocycles. The van der Waals surface area contributed by atoms with Crippen molar-refractivity contribution in [2.45, 2.75) is 13.5 Å². The smallest absolute Gasteiger partial charge is 0.276 e. The van der Waals surface area contributed by atoms with Crippen molar-refractivity contribution < 1.29 is 9.90 Å². The first-order chi connectivity index (χ1) is 8.99. The first-order valence-corrected chi connectivity index (χ1v) is 5.83. The Morgan fingerprint density at radius 3 is 2.58 bits per heavy atom. The van der Waals surface area contributed by atoms with E-state index in [-0.39, 0.29) is 17.4 Å². The van der Waals surface area contributed by atoms with Crippen LogP contribution in [-0.4, -0.2) is 33.2 Å². The van der Waals surface area contributed by atoms with Gasteiger partial charge < -0.3 is 15.7 Å². The van der Waals surface area contributed by atoms with Crippen LogP contribution >= 0.6 is 0 Å². The van der Waals surface area contributed by atoms with E-state index in [0.29, 0.717) is 17.9 Å². The standard InChI is InChI=1S/C13H16N4O2/c1-8-11(14)12(16-15-8)13(19)17(2)7-9-3-5-10(18)6-4-9/h3-6,18H,7,14H2,1-2H3,(H,15,16). The molecule has 0 aliphatic heterocycles. The van der Waals surface area contributed by atoms with E-state index >= 15 is 0 Å². The summed E-state index contributed by atoms with van der Waals surface area (Å²) in [6.45, 7) is 2.18. The zero-order valence-corrected chi connectivity index (χ0v) is 10.8. The Morgan fingerprint density at radius 2 is 2.05 bits per heavy atom. The molecule has 0 fully saturated rings. The van der Waals surface area contributed by atoms with Gasteiger partial charge in [-0.2, -0.15) is 5.10 Å². The molecule has 0 aliphatic rings. The Labute approximate surface area is 110 Å². The van der Waals surface area contributed by atoms with E-state index in [9.17, 15) is 9.90 Å². The van der Waals surface area contributed by atoms with Crippen molar-refractivity contribution in [3.8, 4) is 5.75 Å². The molecule has 0 saturated carbocycles. The first kappa shape index (κ1) is 12.9. The predicted molar refractivity (Wildman–Crippen MR) is 71.6 cm³/mol. The zero-order valence-electron chi connectivity index (χ0n) is 10.8. The molecule has 0 bridgehead atoms. The van der Waals surface area contributed by atoms with Crippen molar-refractivity contribution in [2.75, 3.05) is 12.8 Å². The molecule has 0 saturated heterocycles. The van der Waals surface area contributed by atoms with E-state index in [1.807, 2.05) is 0 Å². The van der Waals surface area contributed by atoms with Gasteiger partial charge in [-0.25, -0.2) is 0 Å². The van der Waals surface area contributed by atoms with E-state index < -0.39 is 0 Å². The highest BCUT2D eigenvalue weighted by molar-refractivity contribution is 5.97. The minimum absolute atomic E-state index is 0.199. The van der Waals surface area contributed by atoms with Crippen molar-refractivity contribution in [3.63, 3.8) is 0 Å². The van der Waals surface area contributed by atoms with Crippen LogP contribution in [0.3, 0.4) is 0 Å². The Balaban J connectivity index is 2.11. The van der Waals surface area contributed by atoms with Crippen molar-refractivity contribution in [1.29, 1.82) is 0 Å². The van der Waals surface area contributed by atoms with E-state index in [1.54, 1.807) is 38.2 Å². The van der Waals surface area contributed by atoms with E-state index in [2.05, 4.69) is 10.2 Å². The largest absolute Gasteiger partial charge is 0.508 e. The van der Waals surface area contributed by atoms with Crippen LogP contribution in [0.25, 0.3) is 0 Å². The lowest BCUT2D eigenvalue weighted by Gasteiger charge is -2.16. The van der Waals surface area contributed by atoms with Crippen molar-refractivity contribution in [3.05, 3.63) is 41.2 Å². The second-order valence-corrected chi connectivity index (χ2v) is 4.44. The van der Waals surface area contributed by atoms with E-state index in [0.717, 1.165) is 5.56 Å². The molecular formula is C13H16N4O2. The quantitative estimate of drug-likeness (QED) is 0.774. The number of nitrogens with two attached hydrogens (primary N) is 1. The number of benzene rings is 1. The van der Waals surface area contributed by atoms with Gasteiger partial charge in [-0.3, -0.25) is 9.89 Å². The van der Waals surface area contributed by atoms with E-state index in [4.69, 9.17) is 5.73 Å². The number of phenolic OH excluding ortho intramolecular Hbond substituents is 1. The highest BCUT2D eigenvalue weighted by atomic mass is 16.3. The van der Waals surface area contributed by atoms with Gasteiger partial charge in [-0.1, -0.05) is 12.1 Å². The Morgan fingerprint density at radius 1 is 1.42 bits per heavy atom. The molecule has 100 valence electrons. The van der Waals surface area contributed by atoms with Crippen LogP contribution in [0.4, 0.5) is 5.69 Å². The fourth-order valence-electron chi connectivity index (χ4n) is 1.73. The van der Waals surface area contributed by atoms with Gasteiger partial charge in [-0.05, 0) is 24.6 Å². The number of aromatic hydroxyl groups is 1. The molecule has 19 heavy (non-hydrogen) atoms. The number of H-pyrrole nitrogens is 1.